The second-order valence-electron chi connectivity index (χ2n) is 4.26. The van der Waals surface area contributed by atoms with E-state index in [1.165, 1.54) is 0 Å². The van der Waals surface area contributed by atoms with Crippen LogP contribution in [0.1, 0.15) is 21.5 Å². The van der Waals surface area contributed by atoms with Crippen LogP contribution in [-0.2, 0) is 12.4 Å². The van der Waals surface area contributed by atoms with Crippen molar-refractivity contribution < 1.29 is 4.79 Å². The van der Waals surface area contributed by atoms with Crippen LogP contribution >= 0.6 is 50.1 Å². The molecule has 2 aromatic rings. The summed E-state index contributed by atoms with van der Waals surface area (Å²) in [5.74, 6) is 0.416. The van der Waals surface area contributed by atoms with Gasteiger partial charge in [0.25, 0.3) is 5.91 Å². The summed E-state index contributed by atoms with van der Waals surface area (Å²) in [5, 5.41) is 2.92. The number of halogens is 3. The van der Waals surface area contributed by atoms with Gasteiger partial charge in [-0.05, 0) is 67.8 Å². The maximum absolute atomic E-state index is 12.1. The molecule has 1 N–H and O–H groups in total. The zero-order valence-electron chi connectivity index (χ0n) is 10.5. The molecule has 2 aromatic carbocycles. The molecule has 0 fully saturated rings. The van der Waals surface area contributed by atoms with Crippen molar-refractivity contribution in [1.82, 2.24) is 5.32 Å². The summed E-state index contributed by atoms with van der Waals surface area (Å²) in [6.45, 7) is 0.499. The molecule has 0 heterocycles. The van der Waals surface area contributed by atoms with Gasteiger partial charge in [0.2, 0.25) is 0 Å². The normalized spacial score (nSPS) is 10.3. The number of rotatable bonds is 4. The maximum atomic E-state index is 12.1. The summed E-state index contributed by atoms with van der Waals surface area (Å²) >= 11 is 11.3. The Hall–Kier alpha value is -0.590. The number of carbonyl (C=O) groups excluding carboxylic acids is 1. The third-order valence-electron chi connectivity index (χ3n) is 2.80. The summed E-state index contributed by atoms with van der Waals surface area (Å²) in [4.78, 5) is 12.1. The monoisotopic (exact) mass is 463 g/mol. The second-order valence-corrected chi connectivity index (χ2v) is 6.62. The van der Waals surface area contributed by atoms with Crippen molar-refractivity contribution >= 4 is 56.0 Å². The van der Waals surface area contributed by atoms with E-state index in [0.717, 1.165) is 19.2 Å². The molecule has 104 valence electrons. The first-order valence-corrected chi connectivity index (χ1v) is 8.38. The Morgan fingerprint density at radius 1 is 1.15 bits per heavy atom. The fourth-order valence-corrected chi connectivity index (χ4v) is 2.79. The van der Waals surface area contributed by atoms with E-state index >= 15 is 0 Å². The summed E-state index contributed by atoms with van der Waals surface area (Å²) in [6, 6.07) is 13.6. The minimum atomic E-state index is -0.0863. The van der Waals surface area contributed by atoms with Crippen molar-refractivity contribution in [2.45, 2.75) is 12.4 Å². The summed E-state index contributed by atoms with van der Waals surface area (Å²) < 4.78 is 1.83. The van der Waals surface area contributed by atoms with Gasteiger partial charge in [-0.2, -0.15) is 0 Å². The third-order valence-corrected chi connectivity index (χ3v) is 4.47. The smallest absolute Gasteiger partial charge is 0.252 e. The van der Waals surface area contributed by atoms with Gasteiger partial charge in [-0.1, -0.05) is 24.3 Å². The topological polar surface area (TPSA) is 29.1 Å². The predicted octanol–water partition coefficient (Wildman–Crippen LogP) is 4.72. The van der Waals surface area contributed by atoms with Crippen molar-refractivity contribution in [3.63, 3.8) is 0 Å². The van der Waals surface area contributed by atoms with Gasteiger partial charge in [-0.3, -0.25) is 4.79 Å². The molecule has 0 atom stereocenters. The minimum Gasteiger partial charge on any atom is -0.348 e. The zero-order valence-corrected chi connectivity index (χ0v) is 15.0. The predicted molar refractivity (Wildman–Crippen MR) is 94.0 cm³/mol. The van der Waals surface area contributed by atoms with Crippen molar-refractivity contribution in [2.24, 2.45) is 0 Å². The molecule has 2 rings (SSSR count). The molecule has 1 amide bonds. The Morgan fingerprint density at radius 2 is 1.80 bits per heavy atom. The van der Waals surface area contributed by atoms with Crippen LogP contribution < -0.4 is 5.32 Å². The molecule has 20 heavy (non-hydrogen) atoms. The van der Waals surface area contributed by atoms with Crippen LogP contribution in [0.5, 0.6) is 0 Å². The van der Waals surface area contributed by atoms with E-state index in [0.29, 0.717) is 18.0 Å². The molecule has 2 nitrogen and oxygen atoms in total. The van der Waals surface area contributed by atoms with Crippen molar-refractivity contribution in [3.05, 3.63) is 67.2 Å². The largest absolute Gasteiger partial charge is 0.348 e. The molecule has 0 radical (unpaired) electrons. The molecule has 5 heteroatoms. The molecule has 0 bridgehead atoms. The molecular weight excluding hydrogens is 452 g/mol. The van der Waals surface area contributed by atoms with E-state index < -0.39 is 0 Å². The van der Waals surface area contributed by atoms with Gasteiger partial charge in [0.15, 0.2) is 0 Å². The second kappa shape index (κ2) is 7.43. The van der Waals surface area contributed by atoms with Crippen molar-refractivity contribution in [3.8, 4) is 0 Å². The van der Waals surface area contributed by atoms with Crippen LogP contribution in [0.2, 0.25) is 0 Å². The maximum Gasteiger partial charge on any atom is 0.252 e. The van der Waals surface area contributed by atoms with Crippen LogP contribution in [0.4, 0.5) is 0 Å². The Kier molecular flexibility index (Phi) is 5.86. The number of carbonyl (C=O) groups is 1. The third kappa shape index (κ3) is 4.20. The summed E-state index contributed by atoms with van der Waals surface area (Å²) in [5.41, 5.74) is 2.77. The quantitative estimate of drug-likeness (QED) is 0.515. The number of hydrogen-bond acceptors (Lipinski definition) is 1. The van der Waals surface area contributed by atoms with E-state index in [2.05, 4.69) is 43.8 Å². The van der Waals surface area contributed by atoms with E-state index in [1.807, 2.05) is 42.5 Å². The molecule has 0 spiro atoms. The number of hydrogen-bond donors (Lipinski definition) is 1. The Morgan fingerprint density at radius 3 is 2.45 bits per heavy atom. The highest BCUT2D eigenvalue weighted by molar-refractivity contribution is 14.1. The average molecular weight is 465 g/mol. The lowest BCUT2D eigenvalue weighted by Crippen LogP contribution is -2.23. The van der Waals surface area contributed by atoms with Crippen LogP contribution in [0.25, 0.3) is 0 Å². The number of nitrogens with one attached hydrogen (secondary N) is 1. The van der Waals surface area contributed by atoms with Gasteiger partial charge in [0.05, 0.1) is 5.56 Å². The van der Waals surface area contributed by atoms with E-state index in [4.69, 9.17) is 11.6 Å². The Bertz CT molecular complexity index is 616. The number of alkyl halides is 1. The lowest BCUT2D eigenvalue weighted by molar-refractivity contribution is 0.0950. The van der Waals surface area contributed by atoms with Crippen LogP contribution in [0.3, 0.4) is 0 Å². The van der Waals surface area contributed by atoms with Crippen LogP contribution in [-0.4, -0.2) is 5.91 Å². The molecule has 0 aliphatic heterocycles. The van der Waals surface area contributed by atoms with Crippen LogP contribution in [0, 0.1) is 3.57 Å². The minimum absolute atomic E-state index is 0.0863. The fourth-order valence-electron chi connectivity index (χ4n) is 1.70. The first-order chi connectivity index (χ1) is 9.60. The molecule has 0 aromatic heterocycles. The average Bonchev–Trinajstić information content (AvgIpc) is 2.47. The highest BCUT2D eigenvalue weighted by Crippen LogP contribution is 2.19. The first-order valence-electron chi connectivity index (χ1n) is 5.97. The summed E-state index contributed by atoms with van der Waals surface area (Å²) in [7, 11) is 0. The van der Waals surface area contributed by atoms with Crippen molar-refractivity contribution in [2.75, 3.05) is 0 Å². The first kappa shape index (κ1) is 15.8. The lowest BCUT2D eigenvalue weighted by atomic mass is 10.1. The van der Waals surface area contributed by atoms with Crippen molar-refractivity contribution in [1.29, 1.82) is 0 Å². The number of amides is 1. The molecule has 0 unspecified atom stereocenters. The highest BCUT2D eigenvalue weighted by Gasteiger charge is 2.10. The highest BCUT2D eigenvalue weighted by atomic mass is 127. The van der Waals surface area contributed by atoms with Gasteiger partial charge >= 0.3 is 0 Å². The van der Waals surface area contributed by atoms with Gasteiger partial charge in [0, 0.05) is 20.5 Å². The standard InChI is InChI=1S/C15H12BrClINO/c16-14-6-5-12(18)7-13(14)15(20)19-9-11-3-1-10(8-17)2-4-11/h1-7H,8-9H2,(H,19,20). The molecule has 0 aliphatic carbocycles. The van der Waals surface area contributed by atoms with Crippen LogP contribution in [0.15, 0.2) is 46.9 Å². The molecule has 0 aliphatic rings. The molecular formula is C15H12BrClINO. The van der Waals surface area contributed by atoms with E-state index in [-0.39, 0.29) is 5.91 Å². The number of benzene rings is 2. The van der Waals surface area contributed by atoms with Gasteiger partial charge in [0.1, 0.15) is 0 Å². The fraction of sp³-hybridized carbons (Fsp3) is 0.133. The molecule has 0 saturated heterocycles. The van der Waals surface area contributed by atoms with Gasteiger partial charge < -0.3 is 5.32 Å². The molecule has 0 saturated carbocycles. The van der Waals surface area contributed by atoms with Gasteiger partial charge in [-0.25, -0.2) is 0 Å². The SMILES string of the molecule is O=C(NCc1ccc(CCl)cc1)c1cc(I)ccc1Br. The van der Waals surface area contributed by atoms with E-state index in [9.17, 15) is 4.79 Å². The lowest BCUT2D eigenvalue weighted by Gasteiger charge is -2.08. The Balaban J connectivity index is 2.02. The zero-order chi connectivity index (χ0) is 14.5. The van der Waals surface area contributed by atoms with E-state index in [1.54, 1.807) is 0 Å². The summed E-state index contributed by atoms with van der Waals surface area (Å²) in [6.07, 6.45) is 0. The Labute approximate surface area is 145 Å². The van der Waals surface area contributed by atoms with Gasteiger partial charge in [-0.15, -0.1) is 11.6 Å².